The molecule has 0 unspecified atom stereocenters. The largest absolute Gasteiger partial charge is 0.492 e. The van der Waals surface area contributed by atoms with E-state index in [0.717, 1.165) is 11.8 Å². The molecule has 1 heterocycles. The quantitative estimate of drug-likeness (QED) is 0.779. The number of anilines is 1. The second-order valence-electron chi connectivity index (χ2n) is 4.89. The highest BCUT2D eigenvalue weighted by molar-refractivity contribution is 7.90. The normalized spacial score (nSPS) is 11.5. The lowest BCUT2D eigenvalue weighted by Gasteiger charge is -2.08. The number of ether oxygens (including phenoxy) is 1. The number of thiophene rings is 1. The van der Waals surface area contributed by atoms with Crippen molar-refractivity contribution in [3.63, 3.8) is 0 Å². The van der Waals surface area contributed by atoms with Crippen LogP contribution in [0, 0.1) is 0 Å². The second-order valence-corrected chi connectivity index (χ2v) is 7.93. The van der Waals surface area contributed by atoms with Crippen LogP contribution in [0.1, 0.15) is 5.56 Å². The van der Waals surface area contributed by atoms with Crippen molar-refractivity contribution in [1.82, 2.24) is 0 Å². The minimum atomic E-state index is -3.06. The summed E-state index contributed by atoms with van der Waals surface area (Å²) in [5, 5.41) is 6.61. The summed E-state index contributed by atoms with van der Waals surface area (Å²) in [5.74, 6) is 0.213. The molecular formula is C16H17NO4S2. The summed E-state index contributed by atoms with van der Waals surface area (Å²) in [4.78, 5) is 11.8. The fourth-order valence-electron chi connectivity index (χ4n) is 1.70. The summed E-state index contributed by atoms with van der Waals surface area (Å²) in [6.45, 7) is 0.0777. The van der Waals surface area contributed by atoms with Crippen LogP contribution in [-0.2, 0) is 14.6 Å². The van der Waals surface area contributed by atoms with Crippen molar-refractivity contribution >= 4 is 38.8 Å². The maximum absolute atomic E-state index is 11.8. The van der Waals surface area contributed by atoms with E-state index in [1.165, 1.54) is 6.08 Å². The molecule has 0 radical (unpaired) electrons. The molecule has 0 aliphatic rings. The predicted molar refractivity (Wildman–Crippen MR) is 93.6 cm³/mol. The van der Waals surface area contributed by atoms with Crippen molar-refractivity contribution in [3.8, 4) is 5.75 Å². The van der Waals surface area contributed by atoms with Crippen LogP contribution in [0.15, 0.2) is 47.2 Å². The van der Waals surface area contributed by atoms with Gasteiger partial charge in [0, 0.05) is 24.1 Å². The minimum Gasteiger partial charge on any atom is -0.492 e. The van der Waals surface area contributed by atoms with Gasteiger partial charge in [0.1, 0.15) is 12.4 Å². The van der Waals surface area contributed by atoms with E-state index in [4.69, 9.17) is 4.74 Å². The van der Waals surface area contributed by atoms with E-state index in [-0.39, 0.29) is 18.3 Å². The molecule has 0 bridgehead atoms. The topological polar surface area (TPSA) is 72.5 Å². The summed E-state index contributed by atoms with van der Waals surface area (Å²) in [6.07, 6.45) is 4.35. The molecule has 0 atom stereocenters. The number of carbonyl (C=O) groups is 1. The maximum Gasteiger partial charge on any atom is 0.248 e. The van der Waals surface area contributed by atoms with Crippen molar-refractivity contribution in [1.29, 1.82) is 0 Å². The summed E-state index contributed by atoms with van der Waals surface area (Å²) < 4.78 is 27.5. The zero-order valence-corrected chi connectivity index (χ0v) is 14.2. The monoisotopic (exact) mass is 351 g/mol. The van der Waals surface area contributed by atoms with E-state index in [1.807, 2.05) is 16.8 Å². The first kappa shape index (κ1) is 17.2. The van der Waals surface area contributed by atoms with Crippen LogP contribution < -0.4 is 10.1 Å². The number of amides is 1. The van der Waals surface area contributed by atoms with Crippen LogP contribution in [-0.4, -0.2) is 32.9 Å². The van der Waals surface area contributed by atoms with Crippen molar-refractivity contribution in [2.24, 2.45) is 0 Å². The van der Waals surface area contributed by atoms with Crippen LogP contribution in [0.2, 0.25) is 0 Å². The van der Waals surface area contributed by atoms with Gasteiger partial charge in [-0.2, -0.15) is 11.3 Å². The smallest absolute Gasteiger partial charge is 0.248 e. The Hall–Kier alpha value is -2.12. The number of sulfone groups is 1. The predicted octanol–water partition coefficient (Wildman–Crippen LogP) is 2.82. The third kappa shape index (κ3) is 6.66. The highest BCUT2D eigenvalue weighted by Crippen LogP contribution is 2.17. The molecule has 1 aromatic carbocycles. The van der Waals surface area contributed by atoms with Crippen molar-refractivity contribution in [2.45, 2.75) is 0 Å². The average molecular weight is 351 g/mol. The second kappa shape index (κ2) is 7.94. The van der Waals surface area contributed by atoms with E-state index in [2.05, 4.69) is 5.32 Å². The van der Waals surface area contributed by atoms with E-state index < -0.39 is 9.84 Å². The molecule has 0 fully saturated rings. The first-order valence-corrected chi connectivity index (χ1v) is 9.84. The number of carbonyl (C=O) groups excluding carboxylic acids is 1. The number of hydrogen-bond donors (Lipinski definition) is 1. The Morgan fingerprint density at radius 2 is 2.17 bits per heavy atom. The van der Waals surface area contributed by atoms with E-state index in [0.29, 0.717) is 11.4 Å². The van der Waals surface area contributed by atoms with Crippen LogP contribution >= 0.6 is 11.3 Å². The molecule has 0 saturated heterocycles. The van der Waals surface area contributed by atoms with Crippen LogP contribution in [0.4, 0.5) is 5.69 Å². The van der Waals surface area contributed by atoms with Crippen LogP contribution in [0.25, 0.3) is 6.08 Å². The van der Waals surface area contributed by atoms with Crippen molar-refractivity contribution < 1.29 is 17.9 Å². The lowest BCUT2D eigenvalue weighted by molar-refractivity contribution is -0.111. The Balaban J connectivity index is 1.90. The lowest BCUT2D eigenvalue weighted by Crippen LogP contribution is -2.12. The summed E-state index contributed by atoms with van der Waals surface area (Å²) in [5.41, 5.74) is 1.56. The molecular weight excluding hydrogens is 334 g/mol. The van der Waals surface area contributed by atoms with E-state index in [1.54, 1.807) is 41.7 Å². The third-order valence-corrected chi connectivity index (χ3v) is 4.40. The van der Waals surface area contributed by atoms with Gasteiger partial charge in [-0.05, 0) is 40.6 Å². The standard InChI is InChI=1S/C16H17NO4S2/c1-23(19,20)10-8-21-15-4-2-3-14(11-15)17-16(18)6-5-13-7-9-22-12-13/h2-7,9,11-12H,8,10H2,1H3,(H,17,18)/b6-5-. The Morgan fingerprint density at radius 3 is 2.87 bits per heavy atom. The van der Waals surface area contributed by atoms with Crippen molar-refractivity contribution in [2.75, 3.05) is 23.9 Å². The molecule has 2 aromatic rings. The van der Waals surface area contributed by atoms with Gasteiger partial charge in [0.15, 0.2) is 9.84 Å². The number of rotatable bonds is 7. The minimum absolute atomic E-state index is 0.0486. The molecule has 122 valence electrons. The highest BCUT2D eigenvalue weighted by Gasteiger charge is 2.04. The molecule has 7 heteroatoms. The Labute approximate surface area is 139 Å². The zero-order chi connectivity index (χ0) is 16.7. The molecule has 0 aliphatic carbocycles. The van der Waals surface area contributed by atoms with Gasteiger partial charge < -0.3 is 10.1 Å². The van der Waals surface area contributed by atoms with Gasteiger partial charge in [0.25, 0.3) is 0 Å². The fourth-order valence-corrected chi connectivity index (χ4v) is 2.71. The number of benzene rings is 1. The van der Waals surface area contributed by atoms with Crippen molar-refractivity contribution in [3.05, 3.63) is 52.7 Å². The average Bonchev–Trinajstić information content (AvgIpc) is 2.97. The Bertz CT molecular complexity index is 780. The number of hydrogen-bond acceptors (Lipinski definition) is 5. The highest BCUT2D eigenvalue weighted by atomic mass is 32.2. The summed E-state index contributed by atoms with van der Waals surface area (Å²) in [7, 11) is -3.06. The molecule has 23 heavy (non-hydrogen) atoms. The third-order valence-electron chi connectivity index (χ3n) is 2.79. The molecule has 0 saturated carbocycles. The van der Waals surface area contributed by atoms with Gasteiger partial charge in [-0.1, -0.05) is 6.07 Å². The maximum atomic E-state index is 11.8. The first-order valence-electron chi connectivity index (χ1n) is 6.84. The Morgan fingerprint density at radius 1 is 1.35 bits per heavy atom. The summed E-state index contributed by atoms with van der Waals surface area (Å²) >= 11 is 1.56. The Kier molecular flexibility index (Phi) is 5.95. The van der Waals surface area contributed by atoms with E-state index in [9.17, 15) is 13.2 Å². The summed E-state index contributed by atoms with van der Waals surface area (Å²) in [6, 6.07) is 8.75. The van der Waals surface area contributed by atoms with E-state index >= 15 is 0 Å². The molecule has 5 nitrogen and oxygen atoms in total. The fraction of sp³-hybridized carbons (Fsp3) is 0.188. The lowest BCUT2D eigenvalue weighted by atomic mass is 10.3. The molecule has 1 amide bonds. The molecule has 0 spiro atoms. The zero-order valence-electron chi connectivity index (χ0n) is 12.6. The molecule has 1 aromatic heterocycles. The van der Waals surface area contributed by atoms with Gasteiger partial charge >= 0.3 is 0 Å². The first-order chi connectivity index (χ1) is 10.9. The molecule has 2 rings (SSSR count). The van der Waals surface area contributed by atoms with Gasteiger partial charge in [-0.15, -0.1) is 0 Å². The van der Waals surface area contributed by atoms with Crippen LogP contribution in [0.5, 0.6) is 5.75 Å². The van der Waals surface area contributed by atoms with Crippen LogP contribution in [0.3, 0.4) is 0 Å². The number of nitrogens with one attached hydrogen (secondary N) is 1. The van der Waals surface area contributed by atoms with Gasteiger partial charge in [-0.3, -0.25) is 4.79 Å². The SMILES string of the molecule is CS(=O)(=O)CCOc1cccc(NC(=O)/C=C\c2ccsc2)c1. The molecule has 0 aliphatic heterocycles. The van der Waals surface area contributed by atoms with Gasteiger partial charge in [0.2, 0.25) is 5.91 Å². The van der Waals surface area contributed by atoms with Gasteiger partial charge in [0.05, 0.1) is 5.75 Å². The molecule has 1 N–H and O–H groups in total. The van der Waals surface area contributed by atoms with Gasteiger partial charge in [-0.25, -0.2) is 8.42 Å².